The number of ether oxygens (including phenoxy) is 1. The molecule has 0 amide bonds. The van der Waals surface area contributed by atoms with Crippen molar-refractivity contribution >= 4 is 13.9 Å². The first kappa shape index (κ1) is 11.6. The fourth-order valence-corrected chi connectivity index (χ4v) is 2.36. The molecule has 0 heterocycles. The first-order valence-corrected chi connectivity index (χ1v) is 5.64. The molecule has 0 aliphatic carbocycles. The molecule has 0 N–H and O–H groups in total. The lowest BCUT2D eigenvalue weighted by molar-refractivity contribution is -0.0232. The number of nitrogens with zero attached hydrogens (tertiary/aromatic N) is 1. The zero-order valence-electron chi connectivity index (χ0n) is 9.24. The van der Waals surface area contributed by atoms with E-state index >= 15 is 0 Å². The molecule has 0 spiro atoms. The average Bonchev–Trinajstić information content (AvgIpc) is 2.19. The van der Waals surface area contributed by atoms with Crippen molar-refractivity contribution in [1.29, 1.82) is 0 Å². The third-order valence-electron chi connectivity index (χ3n) is 2.40. The summed E-state index contributed by atoms with van der Waals surface area (Å²) < 4.78 is 5.54. The first-order valence-electron chi connectivity index (χ1n) is 4.64. The van der Waals surface area contributed by atoms with Crippen LogP contribution in [0.1, 0.15) is 6.92 Å². The summed E-state index contributed by atoms with van der Waals surface area (Å²) in [6.45, 7) is 2.11. The van der Waals surface area contributed by atoms with Crippen molar-refractivity contribution < 1.29 is 4.74 Å². The molecule has 0 aromatic heterocycles. The largest absolute Gasteiger partial charge is 0.360 e. The molecule has 0 saturated heterocycles. The van der Waals surface area contributed by atoms with Gasteiger partial charge in [-0.3, -0.25) is 4.90 Å². The summed E-state index contributed by atoms with van der Waals surface area (Å²) in [4.78, 5) is 2.11. The Hall–Kier alpha value is -0.430. The molecule has 1 aromatic carbocycles. The summed E-state index contributed by atoms with van der Waals surface area (Å²) in [7, 11) is 6.47. The van der Waals surface area contributed by atoms with E-state index in [4.69, 9.17) is 4.74 Å². The SMILES string of the molecule is COC(C)(Pc1ccccc1)N(C)C. The second kappa shape index (κ2) is 4.88. The van der Waals surface area contributed by atoms with Gasteiger partial charge in [0.05, 0.1) is 0 Å². The normalized spacial score (nSPS) is 16.4. The molecule has 14 heavy (non-hydrogen) atoms. The van der Waals surface area contributed by atoms with Gasteiger partial charge in [0, 0.05) is 7.11 Å². The Morgan fingerprint density at radius 2 is 1.79 bits per heavy atom. The van der Waals surface area contributed by atoms with Crippen molar-refractivity contribution in [2.45, 2.75) is 12.4 Å². The van der Waals surface area contributed by atoms with Gasteiger partial charge in [-0.2, -0.15) is 0 Å². The van der Waals surface area contributed by atoms with E-state index in [2.05, 4.69) is 36.1 Å². The van der Waals surface area contributed by atoms with E-state index < -0.39 is 0 Å². The fourth-order valence-electron chi connectivity index (χ4n) is 1.13. The highest BCUT2D eigenvalue weighted by Gasteiger charge is 2.26. The molecule has 1 aromatic rings. The van der Waals surface area contributed by atoms with Crippen LogP contribution in [0.5, 0.6) is 0 Å². The zero-order valence-corrected chi connectivity index (χ0v) is 10.2. The summed E-state index contributed by atoms with van der Waals surface area (Å²) in [5.41, 5.74) is -0.193. The van der Waals surface area contributed by atoms with E-state index in [9.17, 15) is 0 Å². The van der Waals surface area contributed by atoms with Gasteiger partial charge in [0.1, 0.15) is 5.47 Å². The molecule has 0 radical (unpaired) electrons. The lowest BCUT2D eigenvalue weighted by Crippen LogP contribution is -2.40. The number of hydrogen-bond donors (Lipinski definition) is 0. The number of rotatable bonds is 4. The van der Waals surface area contributed by atoms with Gasteiger partial charge in [-0.15, -0.1) is 0 Å². The second-order valence-electron chi connectivity index (χ2n) is 3.57. The fraction of sp³-hybridized carbons (Fsp3) is 0.455. The molecule has 0 fully saturated rings. The topological polar surface area (TPSA) is 12.5 Å². The van der Waals surface area contributed by atoms with Crippen molar-refractivity contribution in [2.75, 3.05) is 21.2 Å². The molecule has 78 valence electrons. The standard InChI is InChI=1S/C11H18NOP/c1-11(13-4,12(2)3)14-10-8-6-5-7-9-10/h5-9,14H,1-4H3. The Morgan fingerprint density at radius 1 is 1.21 bits per heavy atom. The number of benzene rings is 1. The van der Waals surface area contributed by atoms with E-state index in [-0.39, 0.29) is 5.47 Å². The van der Waals surface area contributed by atoms with Crippen LogP contribution in [-0.4, -0.2) is 31.6 Å². The van der Waals surface area contributed by atoms with Crippen molar-refractivity contribution in [1.82, 2.24) is 4.90 Å². The number of hydrogen-bond acceptors (Lipinski definition) is 2. The van der Waals surface area contributed by atoms with Crippen LogP contribution in [0, 0.1) is 0 Å². The highest BCUT2D eigenvalue weighted by molar-refractivity contribution is 7.48. The van der Waals surface area contributed by atoms with Crippen LogP contribution in [0.4, 0.5) is 0 Å². The van der Waals surface area contributed by atoms with Gasteiger partial charge in [0.25, 0.3) is 0 Å². The van der Waals surface area contributed by atoms with Crippen LogP contribution in [0.25, 0.3) is 0 Å². The third kappa shape index (κ3) is 2.78. The molecule has 2 atom stereocenters. The van der Waals surface area contributed by atoms with Crippen LogP contribution < -0.4 is 5.30 Å². The van der Waals surface area contributed by atoms with Crippen molar-refractivity contribution in [2.24, 2.45) is 0 Å². The highest BCUT2D eigenvalue weighted by atomic mass is 31.1. The summed E-state index contributed by atoms with van der Waals surface area (Å²) >= 11 is 0. The maximum Gasteiger partial charge on any atom is 0.138 e. The first-order chi connectivity index (χ1) is 6.58. The second-order valence-corrected chi connectivity index (χ2v) is 5.33. The van der Waals surface area contributed by atoms with Gasteiger partial charge in [0.2, 0.25) is 0 Å². The van der Waals surface area contributed by atoms with Crippen LogP contribution in [0.2, 0.25) is 0 Å². The van der Waals surface area contributed by atoms with Gasteiger partial charge in [-0.05, 0) is 34.9 Å². The third-order valence-corrected chi connectivity index (χ3v) is 4.14. The van der Waals surface area contributed by atoms with Crippen LogP contribution >= 0.6 is 8.58 Å². The number of methoxy groups -OCH3 is 1. The van der Waals surface area contributed by atoms with Crippen molar-refractivity contribution in [3.63, 3.8) is 0 Å². The quantitative estimate of drug-likeness (QED) is 0.557. The Kier molecular flexibility index (Phi) is 4.06. The lowest BCUT2D eigenvalue weighted by Gasteiger charge is -2.35. The molecule has 0 saturated carbocycles. The molecule has 2 unspecified atom stereocenters. The van der Waals surface area contributed by atoms with Gasteiger partial charge < -0.3 is 4.74 Å². The Bertz CT molecular complexity index is 276. The van der Waals surface area contributed by atoms with Crippen LogP contribution in [0.3, 0.4) is 0 Å². The molecule has 0 aliphatic heterocycles. The summed E-state index contributed by atoms with van der Waals surface area (Å²) in [6.07, 6.45) is 0. The minimum absolute atomic E-state index is 0.193. The maximum atomic E-state index is 5.54. The van der Waals surface area contributed by atoms with Crippen LogP contribution in [-0.2, 0) is 4.74 Å². The Balaban J connectivity index is 2.76. The van der Waals surface area contributed by atoms with Crippen LogP contribution in [0.15, 0.2) is 30.3 Å². The predicted octanol–water partition coefficient (Wildman–Crippen LogP) is 1.87. The lowest BCUT2D eigenvalue weighted by atomic mass is 10.4. The Morgan fingerprint density at radius 3 is 2.21 bits per heavy atom. The van der Waals surface area contributed by atoms with Crippen molar-refractivity contribution in [3.8, 4) is 0 Å². The molecule has 0 aliphatic rings. The molecule has 2 nitrogen and oxygen atoms in total. The molecule has 0 bridgehead atoms. The smallest absolute Gasteiger partial charge is 0.138 e. The maximum absolute atomic E-state index is 5.54. The molecule has 3 heteroatoms. The van der Waals surface area contributed by atoms with E-state index in [1.807, 2.05) is 20.2 Å². The minimum Gasteiger partial charge on any atom is -0.360 e. The van der Waals surface area contributed by atoms with Gasteiger partial charge in [-0.25, -0.2) is 0 Å². The van der Waals surface area contributed by atoms with E-state index in [0.29, 0.717) is 8.58 Å². The average molecular weight is 211 g/mol. The minimum atomic E-state index is -0.193. The Labute approximate surface area is 88.0 Å². The van der Waals surface area contributed by atoms with E-state index in [1.165, 1.54) is 5.30 Å². The summed E-state index contributed by atoms with van der Waals surface area (Å²) in [5, 5.41) is 1.32. The molecular weight excluding hydrogens is 193 g/mol. The van der Waals surface area contributed by atoms with Crippen molar-refractivity contribution in [3.05, 3.63) is 30.3 Å². The van der Waals surface area contributed by atoms with E-state index in [1.54, 1.807) is 7.11 Å². The van der Waals surface area contributed by atoms with Gasteiger partial charge in [-0.1, -0.05) is 30.3 Å². The summed E-state index contributed by atoms with van der Waals surface area (Å²) in [6, 6.07) is 10.4. The predicted molar refractivity (Wildman–Crippen MR) is 63.5 cm³/mol. The van der Waals surface area contributed by atoms with Gasteiger partial charge in [0.15, 0.2) is 0 Å². The van der Waals surface area contributed by atoms with E-state index in [0.717, 1.165) is 0 Å². The molecule has 1 rings (SSSR count). The van der Waals surface area contributed by atoms with Gasteiger partial charge >= 0.3 is 0 Å². The summed E-state index contributed by atoms with van der Waals surface area (Å²) in [5.74, 6) is 0. The monoisotopic (exact) mass is 211 g/mol. The molecular formula is C11H18NOP. The zero-order chi connectivity index (χ0) is 10.6. The highest BCUT2D eigenvalue weighted by Crippen LogP contribution is 2.32.